The number of methoxy groups -OCH3 is 1. The highest BCUT2D eigenvalue weighted by atomic mass is 32.1. The van der Waals surface area contributed by atoms with Crippen LogP contribution in [0, 0.1) is 0 Å². The van der Waals surface area contributed by atoms with E-state index in [-0.39, 0.29) is 12.3 Å². The fourth-order valence-electron chi connectivity index (χ4n) is 3.43. The number of para-hydroxylation sites is 1. The molecule has 0 radical (unpaired) electrons. The van der Waals surface area contributed by atoms with Crippen molar-refractivity contribution in [2.24, 2.45) is 0 Å². The highest BCUT2D eigenvalue weighted by molar-refractivity contribution is 7.80. The van der Waals surface area contributed by atoms with Gasteiger partial charge in [0.25, 0.3) is 5.91 Å². The lowest BCUT2D eigenvalue weighted by Gasteiger charge is -2.28. The van der Waals surface area contributed by atoms with Crippen LogP contribution in [0.3, 0.4) is 0 Å². The highest BCUT2D eigenvalue weighted by Crippen LogP contribution is 2.27. The Bertz CT molecular complexity index is 679. The molecule has 2 heterocycles. The molecule has 0 saturated carbocycles. The highest BCUT2D eigenvalue weighted by Gasteiger charge is 2.44. The van der Waals surface area contributed by atoms with Crippen LogP contribution in [0.2, 0.25) is 0 Å². The van der Waals surface area contributed by atoms with Crippen LogP contribution in [-0.4, -0.2) is 79.3 Å². The summed E-state index contributed by atoms with van der Waals surface area (Å²) in [5.41, 5.74) is 0.720. The lowest BCUT2D eigenvalue weighted by atomic mass is 10.1. The molecule has 1 amide bonds. The van der Waals surface area contributed by atoms with Crippen molar-refractivity contribution in [3.63, 3.8) is 0 Å². The van der Waals surface area contributed by atoms with Crippen LogP contribution in [0.4, 0.5) is 5.69 Å². The number of carbonyl (C=O) groups is 2. The minimum Gasteiger partial charge on any atom is -0.469 e. The number of benzene rings is 1. The van der Waals surface area contributed by atoms with Crippen molar-refractivity contribution in [1.29, 1.82) is 0 Å². The summed E-state index contributed by atoms with van der Waals surface area (Å²) in [7, 11) is 1.33. The Hall–Kier alpha value is -2.03. The number of morpholine rings is 1. The van der Waals surface area contributed by atoms with Crippen LogP contribution >= 0.6 is 12.2 Å². The molecule has 27 heavy (non-hydrogen) atoms. The Morgan fingerprint density at radius 2 is 1.93 bits per heavy atom. The first kappa shape index (κ1) is 19.7. The van der Waals surface area contributed by atoms with E-state index >= 15 is 0 Å². The number of anilines is 1. The molecule has 0 aromatic heterocycles. The Morgan fingerprint density at radius 1 is 1.22 bits per heavy atom. The van der Waals surface area contributed by atoms with Gasteiger partial charge in [-0.2, -0.15) is 0 Å². The van der Waals surface area contributed by atoms with E-state index in [0.717, 1.165) is 45.0 Å². The number of amides is 1. The van der Waals surface area contributed by atoms with E-state index in [1.165, 1.54) is 12.0 Å². The molecule has 1 atom stereocenters. The molecular weight excluding hydrogens is 366 g/mol. The quantitative estimate of drug-likeness (QED) is 0.512. The van der Waals surface area contributed by atoms with Gasteiger partial charge in [-0.15, -0.1) is 0 Å². The summed E-state index contributed by atoms with van der Waals surface area (Å²) < 4.78 is 10.2. The predicted octanol–water partition coefficient (Wildman–Crippen LogP) is 1.27. The Morgan fingerprint density at radius 3 is 2.59 bits per heavy atom. The normalized spacial score (nSPS) is 21.0. The zero-order valence-electron chi connectivity index (χ0n) is 15.5. The fourth-order valence-corrected chi connectivity index (χ4v) is 3.85. The Labute approximate surface area is 164 Å². The van der Waals surface area contributed by atoms with Crippen molar-refractivity contribution >= 4 is 34.9 Å². The molecule has 1 unspecified atom stereocenters. The number of ether oxygens (including phenoxy) is 2. The minimum absolute atomic E-state index is 0.00361. The van der Waals surface area contributed by atoms with Crippen molar-refractivity contribution in [3.8, 4) is 0 Å². The van der Waals surface area contributed by atoms with E-state index in [9.17, 15) is 9.59 Å². The maximum atomic E-state index is 13.0. The second-order valence-corrected chi connectivity index (χ2v) is 6.95. The summed E-state index contributed by atoms with van der Waals surface area (Å²) in [6.07, 6.45) is 0.851. The van der Waals surface area contributed by atoms with Gasteiger partial charge in [-0.25, -0.2) is 0 Å². The van der Waals surface area contributed by atoms with Gasteiger partial charge in [-0.1, -0.05) is 18.2 Å². The van der Waals surface area contributed by atoms with Crippen molar-refractivity contribution in [2.75, 3.05) is 51.4 Å². The summed E-state index contributed by atoms with van der Waals surface area (Å²) in [6.45, 7) is 4.89. The van der Waals surface area contributed by atoms with Gasteiger partial charge in [0.1, 0.15) is 6.04 Å². The van der Waals surface area contributed by atoms with E-state index in [1.807, 2.05) is 35.2 Å². The minimum atomic E-state index is -0.616. The zero-order chi connectivity index (χ0) is 19.2. The number of carbonyl (C=O) groups excluding carboxylic acids is 2. The van der Waals surface area contributed by atoms with Gasteiger partial charge in [-0.05, 0) is 30.8 Å². The molecule has 0 aliphatic carbocycles. The maximum absolute atomic E-state index is 13.0. The van der Waals surface area contributed by atoms with Gasteiger partial charge in [0, 0.05) is 26.2 Å². The largest absolute Gasteiger partial charge is 0.469 e. The second kappa shape index (κ2) is 9.25. The third-order valence-corrected chi connectivity index (χ3v) is 5.31. The molecule has 2 fully saturated rings. The molecule has 2 aliphatic rings. The Kier molecular flexibility index (Phi) is 6.76. The number of rotatable bonds is 7. The molecule has 7 nitrogen and oxygen atoms in total. The third-order valence-electron chi connectivity index (χ3n) is 4.90. The van der Waals surface area contributed by atoms with Gasteiger partial charge >= 0.3 is 5.97 Å². The molecule has 8 heteroatoms. The number of hydrogen-bond acceptors (Lipinski definition) is 6. The fraction of sp³-hybridized carbons (Fsp3) is 0.526. The number of esters is 1. The first-order chi connectivity index (χ1) is 13.1. The van der Waals surface area contributed by atoms with Crippen molar-refractivity contribution in [2.45, 2.75) is 18.9 Å². The van der Waals surface area contributed by atoms with Crippen molar-refractivity contribution in [1.82, 2.24) is 9.80 Å². The van der Waals surface area contributed by atoms with E-state index in [0.29, 0.717) is 11.7 Å². The first-order valence-electron chi connectivity index (χ1n) is 9.18. The molecule has 2 aliphatic heterocycles. The monoisotopic (exact) mass is 391 g/mol. The summed E-state index contributed by atoms with van der Waals surface area (Å²) >= 11 is 5.60. The number of thiocarbonyl (C=S) groups is 1. The smallest absolute Gasteiger partial charge is 0.308 e. The second-order valence-electron chi connectivity index (χ2n) is 6.59. The van der Waals surface area contributed by atoms with Crippen LogP contribution in [0.1, 0.15) is 12.8 Å². The number of hydrogen-bond donors (Lipinski definition) is 0. The van der Waals surface area contributed by atoms with Gasteiger partial charge in [0.2, 0.25) is 0 Å². The molecular formula is C19H25N3O4S. The summed E-state index contributed by atoms with van der Waals surface area (Å²) in [4.78, 5) is 30.6. The molecule has 3 rings (SSSR count). The van der Waals surface area contributed by atoms with Crippen molar-refractivity contribution < 1.29 is 19.1 Å². The van der Waals surface area contributed by atoms with Crippen LogP contribution < -0.4 is 4.90 Å². The standard InChI is InChI=1S/C19H25N3O4S/c1-25-17(23)14-16-18(24)22(15-6-3-2-4-7-15)19(27)21(16)9-5-8-20-10-12-26-13-11-20/h2-4,6-7,16H,5,8-14H2,1H3. The summed E-state index contributed by atoms with van der Waals surface area (Å²) in [5.74, 6) is -0.591. The topological polar surface area (TPSA) is 62.3 Å². The summed E-state index contributed by atoms with van der Waals surface area (Å²) in [6, 6.07) is 8.69. The third kappa shape index (κ3) is 4.63. The lowest BCUT2D eigenvalue weighted by molar-refractivity contribution is -0.143. The van der Waals surface area contributed by atoms with Crippen LogP contribution in [0.5, 0.6) is 0 Å². The average molecular weight is 391 g/mol. The zero-order valence-corrected chi connectivity index (χ0v) is 16.3. The molecule has 1 aromatic carbocycles. The summed E-state index contributed by atoms with van der Waals surface area (Å²) in [5, 5.41) is 0.446. The maximum Gasteiger partial charge on any atom is 0.308 e. The van der Waals surface area contributed by atoms with E-state index < -0.39 is 12.0 Å². The van der Waals surface area contributed by atoms with Crippen molar-refractivity contribution in [3.05, 3.63) is 30.3 Å². The van der Waals surface area contributed by atoms with Gasteiger partial charge < -0.3 is 14.4 Å². The molecule has 1 aromatic rings. The molecule has 0 bridgehead atoms. The first-order valence-corrected chi connectivity index (χ1v) is 9.59. The van der Waals surface area contributed by atoms with E-state index in [2.05, 4.69) is 4.90 Å². The predicted molar refractivity (Wildman–Crippen MR) is 106 cm³/mol. The molecule has 2 saturated heterocycles. The van der Waals surface area contributed by atoms with Crippen LogP contribution in [0.15, 0.2) is 30.3 Å². The average Bonchev–Trinajstić information content (AvgIpc) is 2.93. The van der Waals surface area contributed by atoms with Gasteiger partial charge in [0.15, 0.2) is 5.11 Å². The SMILES string of the molecule is COC(=O)CC1C(=O)N(c2ccccc2)C(=S)N1CCCN1CCOCC1. The molecule has 146 valence electrons. The van der Waals surface area contributed by atoms with E-state index in [4.69, 9.17) is 21.7 Å². The van der Waals surface area contributed by atoms with Crippen LogP contribution in [-0.2, 0) is 19.1 Å². The Balaban J connectivity index is 1.70. The molecule has 0 N–H and O–H groups in total. The van der Waals surface area contributed by atoms with Gasteiger partial charge in [0.05, 0.1) is 32.4 Å². The lowest BCUT2D eigenvalue weighted by Crippen LogP contribution is -2.41. The van der Waals surface area contributed by atoms with Gasteiger partial charge in [-0.3, -0.25) is 19.4 Å². The number of nitrogens with zero attached hydrogens (tertiary/aromatic N) is 3. The molecule has 0 spiro atoms. The van der Waals surface area contributed by atoms with E-state index in [1.54, 1.807) is 0 Å². The van der Waals surface area contributed by atoms with Crippen LogP contribution in [0.25, 0.3) is 0 Å².